The quantitative estimate of drug-likeness (QED) is 0.617. The van der Waals surface area contributed by atoms with Gasteiger partial charge in [0.1, 0.15) is 17.7 Å². The number of hydrogen-bond acceptors (Lipinski definition) is 4. The van der Waals surface area contributed by atoms with Crippen LogP contribution in [0.2, 0.25) is 5.02 Å². The van der Waals surface area contributed by atoms with Gasteiger partial charge in [-0.25, -0.2) is 4.79 Å². The molecule has 8 heteroatoms. The molecule has 0 aliphatic carbocycles. The van der Waals surface area contributed by atoms with E-state index in [0.717, 1.165) is 11.1 Å². The van der Waals surface area contributed by atoms with Crippen molar-refractivity contribution in [1.29, 1.82) is 0 Å². The Kier molecular flexibility index (Phi) is 8.50. The highest BCUT2D eigenvalue weighted by Gasteiger charge is 2.32. The number of ether oxygens (including phenoxy) is 1. The van der Waals surface area contributed by atoms with E-state index >= 15 is 0 Å². The highest BCUT2D eigenvalue weighted by Crippen LogP contribution is 2.28. The van der Waals surface area contributed by atoms with Crippen molar-refractivity contribution in [3.05, 3.63) is 64.2 Å². The smallest absolute Gasteiger partial charge is 0.408 e. The summed E-state index contributed by atoms with van der Waals surface area (Å²) in [6, 6.07) is 10.8. The molecular formula is C25H32ClN3O4. The van der Waals surface area contributed by atoms with Crippen molar-refractivity contribution in [1.82, 2.24) is 10.2 Å². The molecule has 2 unspecified atom stereocenters. The van der Waals surface area contributed by atoms with Gasteiger partial charge in [0, 0.05) is 7.05 Å². The number of halogens is 1. The average molecular weight is 474 g/mol. The second-order valence-electron chi connectivity index (χ2n) is 9.05. The first-order valence-corrected chi connectivity index (χ1v) is 11.1. The normalized spacial score (nSPS) is 13.0. The molecule has 2 rings (SSSR count). The fraction of sp³-hybridized carbons (Fsp3) is 0.400. The molecule has 2 aromatic carbocycles. The number of nitrogens with zero attached hydrogens (tertiary/aromatic N) is 1. The Morgan fingerprint density at radius 3 is 2.18 bits per heavy atom. The van der Waals surface area contributed by atoms with Gasteiger partial charge in [0.2, 0.25) is 5.91 Å². The Balaban J connectivity index is 2.31. The lowest BCUT2D eigenvalue weighted by atomic mass is 10.0. The predicted molar refractivity (Wildman–Crippen MR) is 130 cm³/mol. The van der Waals surface area contributed by atoms with Crippen molar-refractivity contribution < 1.29 is 19.1 Å². The van der Waals surface area contributed by atoms with Gasteiger partial charge in [-0.3, -0.25) is 9.59 Å². The van der Waals surface area contributed by atoms with Crippen molar-refractivity contribution in [3.63, 3.8) is 0 Å². The van der Waals surface area contributed by atoms with Crippen LogP contribution in [0.3, 0.4) is 0 Å². The molecule has 0 aliphatic heterocycles. The zero-order valence-electron chi connectivity index (χ0n) is 20.2. The maximum Gasteiger partial charge on any atom is 0.408 e. The molecule has 0 fully saturated rings. The number of anilines is 1. The number of benzene rings is 2. The molecule has 0 bridgehead atoms. The maximum absolute atomic E-state index is 13.4. The second-order valence-corrected chi connectivity index (χ2v) is 9.46. The van der Waals surface area contributed by atoms with E-state index in [0.29, 0.717) is 16.3 Å². The van der Waals surface area contributed by atoms with Gasteiger partial charge in [-0.05, 0) is 58.7 Å². The van der Waals surface area contributed by atoms with Crippen LogP contribution in [0.5, 0.6) is 0 Å². The van der Waals surface area contributed by atoms with Crippen LogP contribution in [0.4, 0.5) is 10.5 Å². The number of aryl methyl sites for hydroxylation is 2. The van der Waals surface area contributed by atoms with Crippen LogP contribution >= 0.6 is 11.6 Å². The molecule has 0 aliphatic rings. The van der Waals surface area contributed by atoms with Gasteiger partial charge in [0.25, 0.3) is 5.91 Å². The van der Waals surface area contributed by atoms with E-state index < -0.39 is 35.6 Å². The number of nitrogens with one attached hydrogen (secondary N) is 2. The van der Waals surface area contributed by atoms with Crippen LogP contribution in [0.15, 0.2) is 42.5 Å². The van der Waals surface area contributed by atoms with Crippen molar-refractivity contribution in [2.45, 2.75) is 59.2 Å². The summed E-state index contributed by atoms with van der Waals surface area (Å²) in [5, 5.41) is 5.80. The summed E-state index contributed by atoms with van der Waals surface area (Å²) in [4.78, 5) is 40.0. The molecule has 0 saturated heterocycles. The van der Waals surface area contributed by atoms with Crippen LogP contribution in [-0.2, 0) is 14.3 Å². The average Bonchev–Trinajstić information content (AvgIpc) is 2.70. The maximum atomic E-state index is 13.4. The Morgan fingerprint density at radius 1 is 1.03 bits per heavy atom. The highest BCUT2D eigenvalue weighted by atomic mass is 35.5. The van der Waals surface area contributed by atoms with Gasteiger partial charge in [-0.15, -0.1) is 0 Å². The molecule has 33 heavy (non-hydrogen) atoms. The first-order chi connectivity index (χ1) is 15.3. The molecule has 0 spiro atoms. The number of para-hydroxylation sites is 1. The van der Waals surface area contributed by atoms with Gasteiger partial charge in [0.05, 0.1) is 10.7 Å². The van der Waals surface area contributed by atoms with Crippen LogP contribution in [-0.4, -0.2) is 41.5 Å². The summed E-state index contributed by atoms with van der Waals surface area (Å²) in [6.07, 6.45) is -0.709. The predicted octanol–water partition coefficient (Wildman–Crippen LogP) is 5.01. The minimum Gasteiger partial charge on any atom is -0.444 e. The first kappa shape index (κ1) is 26.2. The molecule has 2 atom stereocenters. The second kappa shape index (κ2) is 10.7. The number of alkyl carbamates (subject to hydrolysis) is 1. The lowest BCUT2D eigenvalue weighted by Gasteiger charge is -2.31. The molecule has 0 radical (unpaired) electrons. The van der Waals surface area contributed by atoms with E-state index in [4.69, 9.17) is 16.3 Å². The summed E-state index contributed by atoms with van der Waals surface area (Å²) >= 11 is 6.29. The molecule has 3 amide bonds. The minimum atomic E-state index is -0.948. The third kappa shape index (κ3) is 7.22. The van der Waals surface area contributed by atoms with Gasteiger partial charge in [-0.2, -0.15) is 0 Å². The summed E-state index contributed by atoms with van der Waals surface area (Å²) in [6.45, 7) is 10.5. The van der Waals surface area contributed by atoms with Gasteiger partial charge in [0.15, 0.2) is 0 Å². The Bertz CT molecular complexity index is 995. The summed E-state index contributed by atoms with van der Waals surface area (Å²) in [7, 11) is 1.53. The lowest BCUT2D eigenvalue weighted by Crippen LogP contribution is -2.49. The highest BCUT2D eigenvalue weighted by molar-refractivity contribution is 6.34. The topological polar surface area (TPSA) is 87.7 Å². The van der Waals surface area contributed by atoms with Gasteiger partial charge in [-0.1, -0.05) is 53.6 Å². The van der Waals surface area contributed by atoms with E-state index in [2.05, 4.69) is 10.6 Å². The van der Waals surface area contributed by atoms with Gasteiger partial charge >= 0.3 is 6.09 Å². The number of carbonyl (C=O) groups excluding carboxylic acids is 3. The third-order valence-electron chi connectivity index (χ3n) is 4.95. The summed E-state index contributed by atoms with van der Waals surface area (Å²) < 4.78 is 5.23. The van der Waals surface area contributed by atoms with Crippen molar-refractivity contribution in [2.24, 2.45) is 0 Å². The zero-order chi connectivity index (χ0) is 24.9. The number of likely N-dealkylation sites (N-methyl/N-ethyl adjacent to an activating group) is 1. The van der Waals surface area contributed by atoms with Crippen LogP contribution < -0.4 is 10.6 Å². The number of rotatable bonds is 6. The third-order valence-corrected chi connectivity index (χ3v) is 5.27. The van der Waals surface area contributed by atoms with E-state index in [9.17, 15) is 14.4 Å². The number of hydrogen-bond donors (Lipinski definition) is 2. The number of amides is 3. The Labute approximate surface area is 200 Å². The van der Waals surface area contributed by atoms with Crippen molar-refractivity contribution >= 4 is 35.2 Å². The van der Waals surface area contributed by atoms with Crippen LogP contribution in [0, 0.1) is 13.8 Å². The van der Waals surface area contributed by atoms with Crippen molar-refractivity contribution in [3.8, 4) is 0 Å². The van der Waals surface area contributed by atoms with E-state index in [-0.39, 0.29) is 0 Å². The number of carbonyl (C=O) groups is 3. The lowest BCUT2D eigenvalue weighted by molar-refractivity contribution is -0.138. The Hall–Kier alpha value is -3.06. The molecule has 178 valence electrons. The SMILES string of the molecule is Cc1ccc(C(C(=O)Nc2c(C)cccc2Cl)N(C)C(=O)C(C)NC(=O)OC(C)(C)C)cc1. The molecular weight excluding hydrogens is 442 g/mol. The molecule has 7 nitrogen and oxygen atoms in total. The molecule has 0 aromatic heterocycles. The molecule has 0 heterocycles. The fourth-order valence-corrected chi connectivity index (χ4v) is 3.53. The molecule has 0 saturated carbocycles. The standard InChI is InChI=1S/C25H32ClN3O4/c1-15-11-13-18(14-12-15)21(22(30)28-20-16(2)9-8-10-19(20)26)29(7)23(31)17(3)27-24(32)33-25(4,5)6/h8-14,17,21H,1-7H3,(H,27,32)(H,28,30). The largest absolute Gasteiger partial charge is 0.444 e. The summed E-state index contributed by atoms with van der Waals surface area (Å²) in [5.74, 6) is -0.868. The first-order valence-electron chi connectivity index (χ1n) is 10.7. The molecule has 2 N–H and O–H groups in total. The van der Waals surface area contributed by atoms with Crippen LogP contribution in [0.1, 0.15) is 50.4 Å². The van der Waals surface area contributed by atoms with Crippen molar-refractivity contribution in [2.75, 3.05) is 12.4 Å². The van der Waals surface area contributed by atoms with E-state index in [1.54, 1.807) is 52.0 Å². The van der Waals surface area contributed by atoms with E-state index in [1.807, 2.05) is 32.0 Å². The van der Waals surface area contributed by atoms with Crippen LogP contribution in [0.25, 0.3) is 0 Å². The molecule has 2 aromatic rings. The minimum absolute atomic E-state index is 0.403. The summed E-state index contributed by atoms with van der Waals surface area (Å²) in [5.41, 5.74) is 2.24. The van der Waals surface area contributed by atoms with E-state index in [1.165, 1.54) is 11.9 Å². The van der Waals surface area contributed by atoms with Gasteiger partial charge < -0.3 is 20.3 Å². The fourth-order valence-electron chi connectivity index (χ4n) is 3.26. The zero-order valence-corrected chi connectivity index (χ0v) is 20.9. The monoisotopic (exact) mass is 473 g/mol. The Morgan fingerprint density at radius 2 is 1.64 bits per heavy atom.